The van der Waals surface area contributed by atoms with E-state index >= 15 is 0 Å². The van der Waals surface area contributed by atoms with Gasteiger partial charge in [-0.1, -0.05) is 29.8 Å². The molecule has 0 amide bonds. The highest BCUT2D eigenvalue weighted by Crippen LogP contribution is 2.24. The number of aromatic amines is 1. The van der Waals surface area contributed by atoms with E-state index in [1.54, 1.807) is 6.07 Å². The zero-order valence-electron chi connectivity index (χ0n) is 7.81. The van der Waals surface area contributed by atoms with Gasteiger partial charge in [-0.15, -0.1) is 0 Å². The molecule has 0 aliphatic heterocycles. The van der Waals surface area contributed by atoms with Crippen molar-refractivity contribution in [3.05, 3.63) is 47.0 Å². The lowest BCUT2D eigenvalue weighted by Crippen LogP contribution is -2.29. The van der Waals surface area contributed by atoms with Gasteiger partial charge in [-0.25, -0.2) is 10.4 Å². The minimum atomic E-state index is -0.277. The molecule has 0 radical (unpaired) electrons. The highest BCUT2D eigenvalue weighted by molar-refractivity contribution is 6.31. The molecule has 0 saturated carbocycles. The zero-order valence-corrected chi connectivity index (χ0v) is 8.57. The molecule has 1 aromatic heterocycles. The Bertz CT molecular complexity index is 428. The smallest absolute Gasteiger partial charge is 0.147 e. The average molecular weight is 224 g/mol. The van der Waals surface area contributed by atoms with Gasteiger partial charge in [0.05, 0.1) is 0 Å². The van der Waals surface area contributed by atoms with Crippen LogP contribution in [0.2, 0.25) is 5.02 Å². The second-order valence-electron chi connectivity index (χ2n) is 2.99. The monoisotopic (exact) mass is 223 g/mol. The van der Waals surface area contributed by atoms with Crippen LogP contribution in [0, 0.1) is 0 Å². The molecule has 2 aromatic rings. The van der Waals surface area contributed by atoms with Crippen LogP contribution in [-0.4, -0.2) is 15.2 Å². The van der Waals surface area contributed by atoms with Crippen molar-refractivity contribution in [2.75, 3.05) is 0 Å². The van der Waals surface area contributed by atoms with Crippen molar-refractivity contribution in [1.29, 1.82) is 0 Å². The Balaban J connectivity index is 2.40. The maximum absolute atomic E-state index is 6.06. The molecular formula is C9H10ClN5. The molecular weight excluding hydrogens is 214 g/mol. The number of nitrogens with two attached hydrogens (primary N) is 1. The number of hydrazine groups is 1. The zero-order chi connectivity index (χ0) is 10.7. The third-order valence-corrected chi connectivity index (χ3v) is 2.43. The Morgan fingerprint density at radius 1 is 1.40 bits per heavy atom. The summed E-state index contributed by atoms with van der Waals surface area (Å²) >= 11 is 6.06. The van der Waals surface area contributed by atoms with E-state index in [-0.39, 0.29) is 6.04 Å². The number of nitrogens with zero attached hydrogens (tertiary/aromatic N) is 2. The van der Waals surface area contributed by atoms with E-state index in [4.69, 9.17) is 17.4 Å². The van der Waals surface area contributed by atoms with Crippen LogP contribution in [-0.2, 0) is 0 Å². The molecule has 1 heterocycles. The summed E-state index contributed by atoms with van der Waals surface area (Å²) in [6, 6.07) is 7.16. The predicted molar refractivity (Wildman–Crippen MR) is 57.0 cm³/mol. The van der Waals surface area contributed by atoms with Gasteiger partial charge in [-0.3, -0.25) is 10.9 Å². The Morgan fingerprint density at radius 2 is 2.20 bits per heavy atom. The van der Waals surface area contributed by atoms with Crippen molar-refractivity contribution in [1.82, 2.24) is 20.6 Å². The van der Waals surface area contributed by atoms with Crippen LogP contribution in [0.1, 0.15) is 17.4 Å². The summed E-state index contributed by atoms with van der Waals surface area (Å²) in [5.74, 6) is 6.10. The Morgan fingerprint density at radius 3 is 2.80 bits per heavy atom. The summed E-state index contributed by atoms with van der Waals surface area (Å²) in [4.78, 5) is 4.04. The third-order valence-electron chi connectivity index (χ3n) is 2.09. The topological polar surface area (TPSA) is 79.6 Å². The summed E-state index contributed by atoms with van der Waals surface area (Å²) < 4.78 is 0. The molecule has 2 rings (SSSR count). The van der Waals surface area contributed by atoms with Crippen molar-refractivity contribution in [2.24, 2.45) is 5.84 Å². The first-order valence-corrected chi connectivity index (χ1v) is 4.76. The molecule has 4 N–H and O–H groups in total. The van der Waals surface area contributed by atoms with Crippen molar-refractivity contribution in [3.63, 3.8) is 0 Å². The van der Waals surface area contributed by atoms with Gasteiger partial charge in [0.15, 0.2) is 0 Å². The van der Waals surface area contributed by atoms with Crippen molar-refractivity contribution in [2.45, 2.75) is 6.04 Å². The second kappa shape index (κ2) is 4.39. The van der Waals surface area contributed by atoms with E-state index in [0.717, 1.165) is 5.56 Å². The fourth-order valence-electron chi connectivity index (χ4n) is 1.38. The molecule has 0 bridgehead atoms. The Kier molecular flexibility index (Phi) is 2.96. The van der Waals surface area contributed by atoms with E-state index in [1.165, 1.54) is 6.33 Å². The summed E-state index contributed by atoms with van der Waals surface area (Å²) in [5.41, 5.74) is 3.50. The summed E-state index contributed by atoms with van der Waals surface area (Å²) in [6.07, 6.45) is 1.43. The van der Waals surface area contributed by atoms with Gasteiger partial charge in [0.25, 0.3) is 0 Å². The molecule has 0 spiro atoms. The van der Waals surface area contributed by atoms with Crippen LogP contribution in [0.4, 0.5) is 0 Å². The summed E-state index contributed by atoms with van der Waals surface area (Å²) in [7, 11) is 0. The molecule has 15 heavy (non-hydrogen) atoms. The molecule has 1 atom stereocenters. The fourth-order valence-corrected chi connectivity index (χ4v) is 1.62. The fraction of sp³-hybridized carbons (Fsp3) is 0.111. The maximum Gasteiger partial charge on any atom is 0.147 e. The van der Waals surface area contributed by atoms with Crippen molar-refractivity contribution < 1.29 is 0 Å². The predicted octanol–water partition coefficient (Wildman–Crippen LogP) is 1.01. The van der Waals surface area contributed by atoms with E-state index < -0.39 is 0 Å². The second-order valence-corrected chi connectivity index (χ2v) is 3.40. The molecule has 1 unspecified atom stereocenters. The van der Waals surface area contributed by atoms with Gasteiger partial charge < -0.3 is 0 Å². The number of rotatable bonds is 3. The Labute approximate surface area is 91.6 Å². The minimum Gasteiger partial charge on any atom is -0.270 e. The largest absolute Gasteiger partial charge is 0.270 e. The van der Waals surface area contributed by atoms with Crippen molar-refractivity contribution in [3.8, 4) is 0 Å². The third kappa shape index (κ3) is 1.99. The number of H-pyrrole nitrogens is 1. The lowest BCUT2D eigenvalue weighted by Gasteiger charge is -2.14. The van der Waals surface area contributed by atoms with Gasteiger partial charge in [0.2, 0.25) is 0 Å². The number of halogens is 1. The number of nitrogens with one attached hydrogen (secondary N) is 2. The van der Waals surface area contributed by atoms with Crippen LogP contribution in [0.3, 0.4) is 0 Å². The number of hydrogen-bond donors (Lipinski definition) is 3. The molecule has 1 aromatic carbocycles. The van der Waals surface area contributed by atoms with Gasteiger partial charge in [-0.05, 0) is 11.6 Å². The SMILES string of the molecule is NNC(c1ncn[nH]1)c1ccccc1Cl. The molecule has 0 saturated heterocycles. The van der Waals surface area contributed by atoms with E-state index in [2.05, 4.69) is 20.6 Å². The van der Waals surface area contributed by atoms with E-state index in [1.807, 2.05) is 18.2 Å². The molecule has 78 valence electrons. The summed E-state index contributed by atoms with van der Waals surface area (Å²) in [6.45, 7) is 0. The van der Waals surface area contributed by atoms with Crippen LogP contribution < -0.4 is 11.3 Å². The van der Waals surface area contributed by atoms with Gasteiger partial charge in [-0.2, -0.15) is 5.10 Å². The van der Waals surface area contributed by atoms with E-state index in [9.17, 15) is 0 Å². The number of aromatic nitrogens is 3. The molecule has 0 aliphatic carbocycles. The van der Waals surface area contributed by atoms with Gasteiger partial charge in [0, 0.05) is 5.02 Å². The van der Waals surface area contributed by atoms with Crippen LogP contribution >= 0.6 is 11.6 Å². The quantitative estimate of drug-likeness (QED) is 0.536. The lowest BCUT2D eigenvalue weighted by molar-refractivity contribution is 0.604. The number of hydrogen-bond acceptors (Lipinski definition) is 4. The number of benzene rings is 1. The first kappa shape index (κ1) is 10.1. The first-order chi connectivity index (χ1) is 7.33. The van der Waals surface area contributed by atoms with Crippen LogP contribution in [0.5, 0.6) is 0 Å². The molecule has 6 heteroatoms. The molecule has 0 aliphatic rings. The summed E-state index contributed by atoms with van der Waals surface area (Å²) in [5, 5.41) is 7.16. The maximum atomic E-state index is 6.06. The average Bonchev–Trinajstić information content (AvgIpc) is 2.75. The molecule has 5 nitrogen and oxygen atoms in total. The van der Waals surface area contributed by atoms with Gasteiger partial charge in [0.1, 0.15) is 18.2 Å². The van der Waals surface area contributed by atoms with Crippen LogP contribution in [0.25, 0.3) is 0 Å². The highest BCUT2D eigenvalue weighted by Gasteiger charge is 2.17. The minimum absolute atomic E-state index is 0.277. The van der Waals surface area contributed by atoms with Gasteiger partial charge >= 0.3 is 0 Å². The highest BCUT2D eigenvalue weighted by atomic mass is 35.5. The normalized spacial score (nSPS) is 12.7. The first-order valence-electron chi connectivity index (χ1n) is 4.38. The van der Waals surface area contributed by atoms with Crippen molar-refractivity contribution >= 4 is 11.6 Å². The van der Waals surface area contributed by atoms with E-state index in [0.29, 0.717) is 10.8 Å². The van der Waals surface area contributed by atoms with Crippen LogP contribution in [0.15, 0.2) is 30.6 Å². The Hall–Kier alpha value is -1.43. The standard InChI is InChI=1S/C9H10ClN5/c10-7-4-2-1-3-6(7)8(14-11)9-12-5-13-15-9/h1-5,8,14H,11H2,(H,12,13,15). The lowest BCUT2D eigenvalue weighted by atomic mass is 10.1. The molecule has 0 fully saturated rings.